The third kappa shape index (κ3) is 3.46. The SMILES string of the molecule is CCOC(=O)C1(c2ccc3nc(N)nc(C(=O)NC(C)CC)c3c2)CCC1. The van der Waals surface area contributed by atoms with Crippen LogP contribution in [0.1, 0.15) is 62.5 Å². The Morgan fingerprint density at radius 1 is 1.30 bits per heavy atom. The number of esters is 1. The molecule has 1 aliphatic carbocycles. The molecule has 0 aliphatic heterocycles. The lowest BCUT2D eigenvalue weighted by molar-refractivity contribution is -0.153. The molecule has 0 radical (unpaired) electrons. The molecular formula is C20H26N4O3. The normalized spacial score (nSPS) is 16.4. The van der Waals surface area contributed by atoms with Gasteiger partial charge < -0.3 is 15.8 Å². The number of fused-ring (bicyclic) bond motifs is 1. The van der Waals surface area contributed by atoms with Gasteiger partial charge in [-0.15, -0.1) is 0 Å². The lowest BCUT2D eigenvalue weighted by Gasteiger charge is -2.39. The zero-order valence-electron chi connectivity index (χ0n) is 16.0. The third-order valence-corrected chi connectivity index (χ3v) is 5.34. The Morgan fingerprint density at radius 2 is 2.04 bits per heavy atom. The van der Waals surface area contributed by atoms with Gasteiger partial charge in [0, 0.05) is 11.4 Å². The number of hydrogen-bond acceptors (Lipinski definition) is 6. The Kier molecular flexibility index (Phi) is 5.30. The predicted molar refractivity (Wildman–Crippen MR) is 103 cm³/mol. The minimum absolute atomic E-state index is 0.0180. The Morgan fingerprint density at radius 3 is 2.63 bits per heavy atom. The molecule has 144 valence electrons. The standard InChI is InChI=1S/C20H26N4O3/c1-4-12(3)22-17(25)16-14-11-13(7-8-15(14)23-19(21)24-16)20(9-6-10-20)18(26)27-5-2/h7-8,11-12H,4-6,9-10H2,1-3H3,(H,22,25)(H2,21,23,24). The highest BCUT2D eigenvalue weighted by atomic mass is 16.5. The van der Waals surface area contributed by atoms with Crippen LogP contribution in [0.2, 0.25) is 0 Å². The van der Waals surface area contributed by atoms with Crippen molar-refractivity contribution in [3.05, 3.63) is 29.5 Å². The number of nitrogens with one attached hydrogen (secondary N) is 1. The van der Waals surface area contributed by atoms with Crippen LogP contribution >= 0.6 is 0 Å². The highest BCUT2D eigenvalue weighted by Gasteiger charge is 2.47. The molecule has 1 saturated carbocycles. The maximum absolute atomic E-state index is 12.7. The van der Waals surface area contributed by atoms with Crippen LogP contribution in [0.15, 0.2) is 18.2 Å². The summed E-state index contributed by atoms with van der Waals surface area (Å²) in [6, 6.07) is 5.53. The number of amides is 1. The summed E-state index contributed by atoms with van der Waals surface area (Å²) >= 11 is 0. The smallest absolute Gasteiger partial charge is 0.316 e. The van der Waals surface area contributed by atoms with E-state index in [1.165, 1.54) is 0 Å². The number of rotatable bonds is 6. The fourth-order valence-corrected chi connectivity index (χ4v) is 3.42. The van der Waals surface area contributed by atoms with Crippen molar-refractivity contribution >= 4 is 28.7 Å². The van der Waals surface area contributed by atoms with Gasteiger partial charge in [-0.1, -0.05) is 19.4 Å². The molecule has 1 amide bonds. The number of nitrogen functional groups attached to an aromatic ring is 1. The minimum atomic E-state index is -0.643. The molecule has 2 aromatic rings. The van der Waals surface area contributed by atoms with Gasteiger partial charge in [0.2, 0.25) is 5.95 Å². The monoisotopic (exact) mass is 370 g/mol. The van der Waals surface area contributed by atoms with Crippen molar-refractivity contribution in [2.45, 2.75) is 57.9 Å². The van der Waals surface area contributed by atoms with Gasteiger partial charge in [-0.05, 0) is 50.8 Å². The highest BCUT2D eigenvalue weighted by molar-refractivity contribution is 6.05. The molecule has 1 atom stereocenters. The summed E-state index contributed by atoms with van der Waals surface area (Å²) in [5.41, 5.74) is 6.81. The molecule has 1 aromatic carbocycles. The zero-order valence-corrected chi connectivity index (χ0v) is 16.0. The maximum atomic E-state index is 12.7. The average Bonchev–Trinajstić information content (AvgIpc) is 2.60. The van der Waals surface area contributed by atoms with Crippen molar-refractivity contribution in [2.24, 2.45) is 0 Å². The van der Waals surface area contributed by atoms with Gasteiger partial charge in [-0.3, -0.25) is 9.59 Å². The second-order valence-electron chi connectivity index (χ2n) is 7.10. The number of carbonyl (C=O) groups is 2. The van der Waals surface area contributed by atoms with Crippen LogP contribution in [-0.2, 0) is 14.9 Å². The van der Waals surface area contributed by atoms with Gasteiger partial charge in [0.05, 0.1) is 17.5 Å². The van der Waals surface area contributed by atoms with Crippen LogP contribution in [0.5, 0.6) is 0 Å². The predicted octanol–water partition coefficient (Wildman–Crippen LogP) is 2.73. The molecule has 0 saturated heterocycles. The molecule has 7 heteroatoms. The molecular weight excluding hydrogens is 344 g/mol. The van der Waals surface area contributed by atoms with E-state index in [2.05, 4.69) is 15.3 Å². The van der Waals surface area contributed by atoms with Crippen LogP contribution in [0, 0.1) is 0 Å². The molecule has 1 unspecified atom stereocenters. The molecule has 1 aromatic heterocycles. The van der Waals surface area contributed by atoms with Crippen molar-refractivity contribution < 1.29 is 14.3 Å². The number of nitrogens with two attached hydrogens (primary N) is 1. The summed E-state index contributed by atoms with van der Waals surface area (Å²) in [5, 5.41) is 3.51. The molecule has 3 N–H and O–H groups in total. The van der Waals surface area contributed by atoms with Crippen molar-refractivity contribution in [1.82, 2.24) is 15.3 Å². The first-order chi connectivity index (χ1) is 12.9. The number of nitrogens with zero attached hydrogens (tertiary/aromatic N) is 2. The van der Waals surface area contributed by atoms with Gasteiger partial charge in [-0.2, -0.15) is 0 Å². The molecule has 27 heavy (non-hydrogen) atoms. The first-order valence-corrected chi connectivity index (χ1v) is 9.47. The molecule has 1 heterocycles. The summed E-state index contributed by atoms with van der Waals surface area (Å²) < 4.78 is 5.31. The number of anilines is 1. The second-order valence-corrected chi connectivity index (χ2v) is 7.10. The van der Waals surface area contributed by atoms with Crippen LogP contribution in [0.3, 0.4) is 0 Å². The lowest BCUT2D eigenvalue weighted by Crippen LogP contribution is -2.43. The van der Waals surface area contributed by atoms with Crippen LogP contribution in [0.25, 0.3) is 10.9 Å². The number of benzene rings is 1. The molecule has 3 rings (SSSR count). The van der Waals surface area contributed by atoms with Crippen molar-refractivity contribution in [3.63, 3.8) is 0 Å². The molecule has 0 bridgehead atoms. The van der Waals surface area contributed by atoms with Crippen molar-refractivity contribution in [3.8, 4) is 0 Å². The van der Waals surface area contributed by atoms with E-state index in [4.69, 9.17) is 10.5 Å². The fraction of sp³-hybridized carbons (Fsp3) is 0.500. The number of ether oxygens (including phenoxy) is 1. The van der Waals surface area contributed by atoms with Crippen molar-refractivity contribution in [2.75, 3.05) is 12.3 Å². The number of aromatic nitrogens is 2. The zero-order chi connectivity index (χ0) is 19.6. The molecule has 0 spiro atoms. The fourth-order valence-electron chi connectivity index (χ4n) is 3.42. The summed E-state index contributed by atoms with van der Waals surface area (Å²) in [7, 11) is 0. The Hall–Kier alpha value is -2.70. The van der Waals surface area contributed by atoms with E-state index in [1.807, 2.05) is 26.0 Å². The highest BCUT2D eigenvalue weighted by Crippen LogP contribution is 2.45. The Labute approximate surface area is 158 Å². The summed E-state index contributed by atoms with van der Waals surface area (Å²) in [5.74, 6) is -0.453. The largest absolute Gasteiger partial charge is 0.465 e. The third-order valence-electron chi connectivity index (χ3n) is 5.34. The summed E-state index contributed by atoms with van der Waals surface area (Å²) in [6.45, 7) is 6.07. The number of hydrogen-bond donors (Lipinski definition) is 2. The average molecular weight is 370 g/mol. The maximum Gasteiger partial charge on any atom is 0.316 e. The van der Waals surface area contributed by atoms with E-state index in [9.17, 15) is 9.59 Å². The number of carbonyl (C=O) groups excluding carboxylic acids is 2. The van der Waals surface area contributed by atoms with Gasteiger partial charge in [0.25, 0.3) is 5.91 Å². The van der Waals surface area contributed by atoms with E-state index < -0.39 is 5.41 Å². The van der Waals surface area contributed by atoms with E-state index in [0.717, 1.165) is 31.2 Å². The summed E-state index contributed by atoms with van der Waals surface area (Å²) in [4.78, 5) is 33.7. The van der Waals surface area contributed by atoms with E-state index >= 15 is 0 Å². The quantitative estimate of drug-likeness (QED) is 0.757. The first kappa shape index (κ1) is 19.1. The van der Waals surface area contributed by atoms with E-state index in [0.29, 0.717) is 17.5 Å². The molecule has 1 aliphatic rings. The van der Waals surface area contributed by atoms with Gasteiger partial charge in [-0.25, -0.2) is 9.97 Å². The lowest BCUT2D eigenvalue weighted by atomic mass is 9.64. The topological polar surface area (TPSA) is 107 Å². The van der Waals surface area contributed by atoms with Crippen LogP contribution in [0.4, 0.5) is 5.95 Å². The molecule has 7 nitrogen and oxygen atoms in total. The second kappa shape index (κ2) is 7.50. The Balaban J connectivity index is 2.08. The van der Waals surface area contributed by atoms with E-state index in [1.54, 1.807) is 13.0 Å². The summed E-state index contributed by atoms with van der Waals surface area (Å²) in [6.07, 6.45) is 3.25. The van der Waals surface area contributed by atoms with Crippen LogP contribution in [-0.4, -0.2) is 34.5 Å². The molecule has 1 fully saturated rings. The van der Waals surface area contributed by atoms with E-state index in [-0.39, 0.29) is 29.6 Å². The Bertz CT molecular complexity index is 877. The van der Waals surface area contributed by atoms with Gasteiger partial charge in [0.15, 0.2) is 0 Å². The van der Waals surface area contributed by atoms with Gasteiger partial charge in [0.1, 0.15) is 5.69 Å². The van der Waals surface area contributed by atoms with Gasteiger partial charge >= 0.3 is 5.97 Å². The minimum Gasteiger partial charge on any atom is -0.465 e. The first-order valence-electron chi connectivity index (χ1n) is 9.47. The van der Waals surface area contributed by atoms with Crippen LogP contribution < -0.4 is 11.1 Å². The van der Waals surface area contributed by atoms with Crippen molar-refractivity contribution in [1.29, 1.82) is 0 Å².